The smallest absolute Gasteiger partial charge is 0.293 e. The Morgan fingerprint density at radius 1 is 1.38 bits per heavy atom. The first-order chi connectivity index (χ1) is 7.45. The van der Waals surface area contributed by atoms with Crippen molar-refractivity contribution in [1.29, 1.82) is 0 Å². The van der Waals surface area contributed by atoms with Gasteiger partial charge < -0.3 is 4.74 Å². The van der Waals surface area contributed by atoms with E-state index in [9.17, 15) is 4.79 Å². The summed E-state index contributed by atoms with van der Waals surface area (Å²) < 4.78 is 5.40. The van der Waals surface area contributed by atoms with Gasteiger partial charge in [0.05, 0.1) is 0 Å². The summed E-state index contributed by atoms with van der Waals surface area (Å²) in [7, 11) is 0. The molecule has 3 aliphatic rings. The Balaban J connectivity index is 2.33. The summed E-state index contributed by atoms with van der Waals surface area (Å²) >= 11 is 0. The number of rotatable bonds is 2. The third-order valence-electron chi connectivity index (χ3n) is 4.30. The van der Waals surface area contributed by atoms with E-state index in [1.807, 2.05) is 0 Å². The predicted octanol–water partition coefficient (Wildman–Crippen LogP) is 3.18. The van der Waals surface area contributed by atoms with Crippen LogP contribution in [0.4, 0.5) is 0 Å². The van der Waals surface area contributed by atoms with Gasteiger partial charge in [-0.05, 0) is 31.1 Å². The summed E-state index contributed by atoms with van der Waals surface area (Å²) in [6.45, 7) is 9.57. The molecule has 0 amide bonds. The van der Waals surface area contributed by atoms with Crippen molar-refractivity contribution in [2.45, 2.75) is 46.6 Å². The van der Waals surface area contributed by atoms with E-state index < -0.39 is 0 Å². The van der Waals surface area contributed by atoms with Crippen LogP contribution < -0.4 is 0 Å². The van der Waals surface area contributed by atoms with Crippen molar-refractivity contribution >= 4 is 6.47 Å². The minimum absolute atomic E-state index is 0.0984. The molecule has 0 saturated heterocycles. The molecule has 0 aromatic carbocycles. The Morgan fingerprint density at radius 3 is 2.56 bits per heavy atom. The molecule has 0 N–H and O–H groups in total. The molecule has 0 heterocycles. The number of ether oxygens (including phenoxy) is 1. The van der Waals surface area contributed by atoms with Gasteiger partial charge in [-0.25, -0.2) is 0 Å². The highest BCUT2D eigenvalue weighted by Gasteiger charge is 2.49. The maximum absolute atomic E-state index is 10.7. The van der Waals surface area contributed by atoms with Crippen molar-refractivity contribution < 1.29 is 9.53 Å². The van der Waals surface area contributed by atoms with E-state index >= 15 is 0 Å². The van der Waals surface area contributed by atoms with Gasteiger partial charge >= 0.3 is 0 Å². The minimum Gasteiger partial charge on any atom is -0.464 e. The molecular weight excluding hydrogens is 200 g/mol. The van der Waals surface area contributed by atoms with Gasteiger partial charge in [-0.1, -0.05) is 32.4 Å². The standard InChI is InChI=1S/C14H22O2/c1-9-7-10-5-6-11(9)13(16-8-15)12(10)14(2,3)4/h7-8,10-13H,5-6H2,1-4H3. The lowest BCUT2D eigenvalue weighted by molar-refractivity contribution is -0.148. The molecule has 2 bridgehead atoms. The van der Waals surface area contributed by atoms with Crippen LogP contribution in [0.15, 0.2) is 11.6 Å². The SMILES string of the molecule is CC1=CC2CCC1C(OC=O)C2C(C)(C)C. The van der Waals surface area contributed by atoms with E-state index in [1.165, 1.54) is 18.4 Å². The molecule has 0 aromatic heterocycles. The van der Waals surface area contributed by atoms with Crippen LogP contribution in [0, 0.1) is 23.2 Å². The predicted molar refractivity (Wildman–Crippen MR) is 63.9 cm³/mol. The van der Waals surface area contributed by atoms with Crippen LogP contribution >= 0.6 is 0 Å². The Kier molecular flexibility index (Phi) is 2.85. The molecule has 90 valence electrons. The second-order valence-electron chi connectivity index (χ2n) is 6.35. The second kappa shape index (κ2) is 3.90. The van der Waals surface area contributed by atoms with Crippen molar-refractivity contribution in [2.24, 2.45) is 23.2 Å². The summed E-state index contributed by atoms with van der Waals surface area (Å²) in [5.74, 6) is 1.52. The van der Waals surface area contributed by atoms with Gasteiger partial charge in [0, 0.05) is 11.8 Å². The Morgan fingerprint density at radius 2 is 2.06 bits per heavy atom. The summed E-state index contributed by atoms with van der Waals surface area (Å²) in [4.78, 5) is 10.7. The van der Waals surface area contributed by atoms with Crippen LogP contribution in [0.3, 0.4) is 0 Å². The van der Waals surface area contributed by atoms with Gasteiger partial charge in [0.15, 0.2) is 0 Å². The summed E-state index contributed by atoms with van der Waals surface area (Å²) in [5.41, 5.74) is 1.62. The molecule has 16 heavy (non-hydrogen) atoms. The molecule has 1 fully saturated rings. The zero-order chi connectivity index (χ0) is 11.9. The van der Waals surface area contributed by atoms with Gasteiger partial charge in [0.2, 0.25) is 0 Å². The Hall–Kier alpha value is -0.790. The number of hydrogen-bond acceptors (Lipinski definition) is 2. The van der Waals surface area contributed by atoms with E-state index in [-0.39, 0.29) is 11.5 Å². The summed E-state index contributed by atoms with van der Waals surface area (Å²) in [6.07, 6.45) is 4.94. The Labute approximate surface area is 98.1 Å². The molecule has 0 aromatic rings. The molecular formula is C14H22O2. The zero-order valence-corrected chi connectivity index (χ0v) is 10.7. The number of fused-ring (bicyclic) bond motifs is 2. The fourth-order valence-corrected chi connectivity index (χ4v) is 3.72. The van der Waals surface area contributed by atoms with Crippen LogP contribution in [-0.2, 0) is 9.53 Å². The molecule has 4 unspecified atom stereocenters. The van der Waals surface area contributed by atoms with E-state index in [4.69, 9.17) is 4.74 Å². The average molecular weight is 222 g/mol. The average Bonchev–Trinajstić information content (AvgIpc) is 2.16. The zero-order valence-electron chi connectivity index (χ0n) is 10.7. The summed E-state index contributed by atoms with van der Waals surface area (Å²) in [6, 6.07) is 0. The first-order valence-corrected chi connectivity index (χ1v) is 6.22. The third-order valence-corrected chi connectivity index (χ3v) is 4.30. The fraction of sp³-hybridized carbons (Fsp3) is 0.786. The Bertz CT molecular complexity index is 311. The molecule has 0 spiro atoms. The van der Waals surface area contributed by atoms with E-state index in [1.54, 1.807) is 0 Å². The molecule has 0 aliphatic heterocycles. The molecule has 0 radical (unpaired) electrons. The maximum Gasteiger partial charge on any atom is 0.293 e. The van der Waals surface area contributed by atoms with Gasteiger partial charge in [-0.2, -0.15) is 0 Å². The van der Waals surface area contributed by atoms with Gasteiger partial charge in [-0.15, -0.1) is 0 Å². The minimum atomic E-state index is 0.0984. The molecule has 2 nitrogen and oxygen atoms in total. The molecule has 3 aliphatic carbocycles. The van der Waals surface area contributed by atoms with Crippen molar-refractivity contribution in [3.05, 3.63) is 11.6 Å². The van der Waals surface area contributed by atoms with Crippen molar-refractivity contribution in [3.8, 4) is 0 Å². The third kappa shape index (κ3) is 1.79. The van der Waals surface area contributed by atoms with Crippen LogP contribution in [0.2, 0.25) is 0 Å². The van der Waals surface area contributed by atoms with Crippen molar-refractivity contribution in [1.82, 2.24) is 0 Å². The lowest BCUT2D eigenvalue weighted by Gasteiger charge is -2.51. The highest BCUT2D eigenvalue weighted by atomic mass is 16.5. The second-order valence-corrected chi connectivity index (χ2v) is 6.35. The van der Waals surface area contributed by atoms with E-state index in [2.05, 4.69) is 33.8 Å². The highest BCUT2D eigenvalue weighted by molar-refractivity contribution is 5.38. The number of hydrogen-bond donors (Lipinski definition) is 0. The largest absolute Gasteiger partial charge is 0.464 e. The highest BCUT2D eigenvalue weighted by Crippen LogP contribution is 2.51. The lowest BCUT2D eigenvalue weighted by Crippen LogP contribution is -2.49. The first-order valence-electron chi connectivity index (χ1n) is 6.22. The van der Waals surface area contributed by atoms with Crippen LogP contribution in [0.25, 0.3) is 0 Å². The topological polar surface area (TPSA) is 26.3 Å². The van der Waals surface area contributed by atoms with Crippen LogP contribution in [-0.4, -0.2) is 12.6 Å². The lowest BCUT2D eigenvalue weighted by atomic mass is 9.57. The van der Waals surface area contributed by atoms with Crippen LogP contribution in [0.1, 0.15) is 40.5 Å². The molecule has 1 saturated carbocycles. The number of carbonyl (C=O) groups excluding carboxylic acids is 1. The summed E-state index contributed by atoms with van der Waals surface area (Å²) in [5, 5.41) is 0. The molecule has 3 rings (SSSR count). The van der Waals surface area contributed by atoms with E-state index in [0.717, 1.165) is 0 Å². The number of carbonyl (C=O) groups is 1. The van der Waals surface area contributed by atoms with Gasteiger partial charge in [0.1, 0.15) is 6.10 Å². The first kappa shape index (κ1) is 11.7. The van der Waals surface area contributed by atoms with Gasteiger partial charge in [0.25, 0.3) is 6.47 Å². The van der Waals surface area contributed by atoms with Crippen molar-refractivity contribution in [2.75, 3.05) is 0 Å². The van der Waals surface area contributed by atoms with Gasteiger partial charge in [-0.3, -0.25) is 4.79 Å². The normalized spacial score (nSPS) is 38.1. The number of allylic oxidation sites excluding steroid dienone is 1. The van der Waals surface area contributed by atoms with Crippen LogP contribution in [0.5, 0.6) is 0 Å². The molecule has 2 heteroatoms. The molecule has 4 atom stereocenters. The van der Waals surface area contributed by atoms with E-state index in [0.29, 0.717) is 24.2 Å². The monoisotopic (exact) mass is 222 g/mol. The maximum atomic E-state index is 10.7. The quantitative estimate of drug-likeness (QED) is 0.530. The fourth-order valence-electron chi connectivity index (χ4n) is 3.72. The van der Waals surface area contributed by atoms with Crippen molar-refractivity contribution in [3.63, 3.8) is 0 Å².